The molecular formula is C24H39O3-. The molecular weight excluding hydrogens is 336 g/mol. The van der Waals surface area contributed by atoms with E-state index in [0.717, 1.165) is 42.9 Å². The zero-order valence-corrected chi connectivity index (χ0v) is 17.6. The lowest BCUT2D eigenvalue weighted by molar-refractivity contribution is -0.306. The summed E-state index contributed by atoms with van der Waals surface area (Å²) in [6.45, 7) is 7.38. The molecule has 0 aromatic heterocycles. The summed E-state index contributed by atoms with van der Waals surface area (Å²) in [5, 5.41) is 21.1. The lowest BCUT2D eigenvalue weighted by Gasteiger charge is -2.61. The molecule has 0 aliphatic heterocycles. The maximum absolute atomic E-state index is 10.9. The predicted molar refractivity (Wildman–Crippen MR) is 105 cm³/mol. The highest BCUT2D eigenvalue weighted by Gasteiger charge is 2.60. The van der Waals surface area contributed by atoms with E-state index in [1.165, 1.54) is 44.9 Å². The summed E-state index contributed by atoms with van der Waals surface area (Å²) in [5.74, 6) is 3.55. The fourth-order valence-corrected chi connectivity index (χ4v) is 8.76. The van der Waals surface area contributed by atoms with Gasteiger partial charge in [-0.2, -0.15) is 0 Å². The van der Waals surface area contributed by atoms with Gasteiger partial charge in [0.15, 0.2) is 0 Å². The highest BCUT2D eigenvalue weighted by Crippen LogP contribution is 2.68. The number of rotatable bonds is 4. The van der Waals surface area contributed by atoms with Crippen molar-refractivity contribution >= 4 is 5.97 Å². The van der Waals surface area contributed by atoms with E-state index in [2.05, 4.69) is 20.8 Å². The third-order valence-corrected chi connectivity index (χ3v) is 10.2. The van der Waals surface area contributed by atoms with Crippen molar-refractivity contribution in [3.05, 3.63) is 0 Å². The molecule has 0 aromatic rings. The number of aliphatic hydroxyl groups excluding tert-OH is 1. The second-order valence-corrected chi connectivity index (χ2v) is 11.2. The van der Waals surface area contributed by atoms with E-state index in [4.69, 9.17) is 0 Å². The summed E-state index contributed by atoms with van der Waals surface area (Å²) in [5.41, 5.74) is 0.853. The van der Waals surface area contributed by atoms with Crippen molar-refractivity contribution in [1.29, 1.82) is 0 Å². The number of hydrogen-bond acceptors (Lipinski definition) is 3. The zero-order valence-electron chi connectivity index (χ0n) is 17.6. The number of carboxylic acid groups (broad SMARTS) is 1. The third-order valence-electron chi connectivity index (χ3n) is 10.2. The fourth-order valence-electron chi connectivity index (χ4n) is 8.76. The summed E-state index contributed by atoms with van der Waals surface area (Å²) in [6, 6.07) is 0. The zero-order chi connectivity index (χ0) is 19.4. The predicted octanol–water partition coefficient (Wildman–Crippen LogP) is 4.17. The first kappa shape index (κ1) is 19.7. The summed E-state index contributed by atoms with van der Waals surface area (Å²) in [7, 11) is 0. The van der Waals surface area contributed by atoms with Crippen molar-refractivity contribution in [2.75, 3.05) is 0 Å². The lowest BCUT2D eigenvalue weighted by Crippen LogP contribution is -2.54. The van der Waals surface area contributed by atoms with Crippen LogP contribution in [0.15, 0.2) is 0 Å². The standard InChI is InChI=1S/C24H40O3/c1-15(4-9-22(26)27)19-7-8-20-18-6-5-16-14-17(25)10-12-23(16,2)21(18)11-13-24(19,20)3/h15-21,25H,4-14H2,1-3H3,(H,26,27)/p-1/t15-,16+,17-,18+,19-,20-,21-,23+,24-/m1/s1. The average Bonchev–Trinajstić information content (AvgIpc) is 2.97. The highest BCUT2D eigenvalue weighted by molar-refractivity contribution is 5.64. The van der Waals surface area contributed by atoms with E-state index in [1.807, 2.05) is 0 Å². The topological polar surface area (TPSA) is 60.4 Å². The van der Waals surface area contributed by atoms with E-state index in [-0.39, 0.29) is 12.5 Å². The van der Waals surface area contributed by atoms with E-state index in [9.17, 15) is 15.0 Å². The minimum Gasteiger partial charge on any atom is -0.550 e. The summed E-state index contributed by atoms with van der Waals surface area (Å²) >= 11 is 0. The lowest BCUT2D eigenvalue weighted by atomic mass is 9.44. The Morgan fingerprint density at radius 1 is 1.04 bits per heavy atom. The van der Waals surface area contributed by atoms with Gasteiger partial charge in [-0.05, 0) is 117 Å². The summed E-state index contributed by atoms with van der Waals surface area (Å²) in [6.07, 6.45) is 12.2. The van der Waals surface area contributed by atoms with E-state index in [1.54, 1.807) is 0 Å². The van der Waals surface area contributed by atoms with Crippen molar-refractivity contribution in [3.63, 3.8) is 0 Å². The van der Waals surface area contributed by atoms with E-state index in [0.29, 0.717) is 22.7 Å². The Labute approximate surface area is 165 Å². The largest absolute Gasteiger partial charge is 0.550 e. The van der Waals surface area contributed by atoms with Crippen LogP contribution in [0, 0.1) is 46.3 Å². The smallest absolute Gasteiger partial charge is 0.0543 e. The first-order valence-corrected chi connectivity index (χ1v) is 11.6. The number of carbonyl (C=O) groups is 1. The molecule has 1 N–H and O–H groups in total. The molecule has 0 amide bonds. The number of aliphatic carboxylic acids is 1. The molecule has 3 nitrogen and oxygen atoms in total. The van der Waals surface area contributed by atoms with Crippen LogP contribution in [0.3, 0.4) is 0 Å². The van der Waals surface area contributed by atoms with Gasteiger partial charge in [-0.1, -0.05) is 20.8 Å². The second-order valence-electron chi connectivity index (χ2n) is 11.2. The maximum Gasteiger partial charge on any atom is 0.0543 e. The summed E-state index contributed by atoms with van der Waals surface area (Å²) < 4.78 is 0. The Hall–Kier alpha value is -0.570. The van der Waals surface area contributed by atoms with Gasteiger partial charge in [0.1, 0.15) is 0 Å². The fraction of sp³-hybridized carbons (Fsp3) is 0.958. The minimum absolute atomic E-state index is 0.0612. The van der Waals surface area contributed by atoms with Gasteiger partial charge in [0, 0.05) is 5.97 Å². The van der Waals surface area contributed by atoms with Crippen LogP contribution >= 0.6 is 0 Å². The molecule has 3 heteroatoms. The Morgan fingerprint density at radius 3 is 2.48 bits per heavy atom. The van der Waals surface area contributed by atoms with Crippen LogP contribution in [0.4, 0.5) is 0 Å². The molecule has 4 saturated carbocycles. The number of hydrogen-bond donors (Lipinski definition) is 1. The second kappa shape index (κ2) is 7.04. The van der Waals surface area contributed by atoms with Crippen LogP contribution in [0.25, 0.3) is 0 Å². The molecule has 0 radical (unpaired) electrons. The van der Waals surface area contributed by atoms with Gasteiger partial charge in [-0.3, -0.25) is 0 Å². The van der Waals surface area contributed by atoms with E-state index < -0.39 is 5.97 Å². The molecule has 0 bridgehead atoms. The molecule has 4 aliphatic rings. The van der Waals surface area contributed by atoms with Crippen molar-refractivity contribution in [3.8, 4) is 0 Å². The first-order valence-electron chi connectivity index (χ1n) is 11.6. The van der Waals surface area contributed by atoms with E-state index >= 15 is 0 Å². The van der Waals surface area contributed by atoms with Gasteiger partial charge >= 0.3 is 0 Å². The molecule has 0 spiro atoms. The van der Waals surface area contributed by atoms with Gasteiger partial charge in [-0.25, -0.2) is 0 Å². The molecule has 0 unspecified atom stereocenters. The van der Waals surface area contributed by atoms with Crippen molar-refractivity contribution in [2.24, 2.45) is 46.3 Å². The normalized spacial score (nSPS) is 50.4. The molecule has 0 saturated heterocycles. The number of fused-ring (bicyclic) bond motifs is 5. The minimum atomic E-state index is -0.893. The van der Waals surface area contributed by atoms with Gasteiger partial charge in [0.25, 0.3) is 0 Å². The molecule has 0 heterocycles. The highest BCUT2D eigenvalue weighted by atomic mass is 16.4. The van der Waals surface area contributed by atoms with Crippen LogP contribution in [0.1, 0.15) is 91.4 Å². The number of carboxylic acids is 1. The van der Waals surface area contributed by atoms with Crippen molar-refractivity contribution in [1.82, 2.24) is 0 Å². The number of aliphatic hydroxyl groups is 1. The Morgan fingerprint density at radius 2 is 1.74 bits per heavy atom. The van der Waals surface area contributed by atoms with Crippen molar-refractivity contribution < 1.29 is 15.0 Å². The molecule has 9 atom stereocenters. The van der Waals surface area contributed by atoms with Crippen LogP contribution in [-0.2, 0) is 4.79 Å². The van der Waals surface area contributed by atoms with Gasteiger partial charge in [-0.15, -0.1) is 0 Å². The molecule has 4 fully saturated rings. The van der Waals surface area contributed by atoms with Crippen LogP contribution < -0.4 is 5.11 Å². The Bertz CT molecular complexity index is 574. The average molecular weight is 376 g/mol. The third kappa shape index (κ3) is 3.16. The van der Waals surface area contributed by atoms with Crippen LogP contribution in [0.2, 0.25) is 0 Å². The quantitative estimate of drug-likeness (QED) is 0.802. The van der Waals surface area contributed by atoms with Gasteiger partial charge in [0.05, 0.1) is 6.10 Å². The molecule has 27 heavy (non-hydrogen) atoms. The maximum atomic E-state index is 10.9. The monoisotopic (exact) mass is 375 g/mol. The van der Waals surface area contributed by atoms with Crippen LogP contribution in [0.5, 0.6) is 0 Å². The van der Waals surface area contributed by atoms with Crippen LogP contribution in [-0.4, -0.2) is 17.2 Å². The summed E-state index contributed by atoms with van der Waals surface area (Å²) in [4.78, 5) is 10.9. The molecule has 4 aliphatic carbocycles. The van der Waals surface area contributed by atoms with Gasteiger partial charge in [0.2, 0.25) is 0 Å². The Balaban J connectivity index is 1.51. The van der Waals surface area contributed by atoms with Crippen molar-refractivity contribution in [2.45, 2.75) is 97.5 Å². The van der Waals surface area contributed by atoms with Gasteiger partial charge < -0.3 is 15.0 Å². The SMILES string of the molecule is C[C@H](CCC(=O)[O-])[C@H]1CC[C@@H]2[C@@H]3CC[C@H]4C[C@H](O)CC[C@]4(C)[C@@H]3CC[C@@]21C. The number of carbonyl (C=O) groups excluding carboxylic acids is 1. The molecule has 0 aromatic carbocycles. The first-order chi connectivity index (χ1) is 12.8. The molecule has 154 valence electrons. The Kier molecular flexibility index (Phi) is 5.15. The molecule has 4 rings (SSSR count).